The van der Waals surface area contributed by atoms with Crippen molar-refractivity contribution in [3.8, 4) is 0 Å². The van der Waals surface area contributed by atoms with Crippen LogP contribution in [0.2, 0.25) is 0 Å². The first-order chi connectivity index (χ1) is 12.5. The second-order valence-electron chi connectivity index (χ2n) is 6.76. The van der Waals surface area contributed by atoms with Gasteiger partial charge < -0.3 is 19.4 Å². The highest BCUT2D eigenvalue weighted by Gasteiger charge is 2.32. The molecule has 1 aliphatic rings. The Bertz CT molecular complexity index is 791. The number of ether oxygens (including phenoxy) is 1. The van der Waals surface area contributed by atoms with Crippen LogP contribution in [0.3, 0.4) is 0 Å². The van der Waals surface area contributed by atoms with Crippen LogP contribution in [-0.4, -0.2) is 32.1 Å². The fourth-order valence-corrected chi connectivity index (χ4v) is 4.00. The van der Waals surface area contributed by atoms with E-state index in [1.54, 1.807) is 6.92 Å². The Hall–Kier alpha value is -2.12. The molecular weight excluding hydrogens is 352 g/mol. The molecule has 140 valence electrons. The van der Waals surface area contributed by atoms with Crippen LogP contribution in [0.15, 0.2) is 21.9 Å². The van der Waals surface area contributed by atoms with Crippen LogP contribution >= 0.6 is 11.3 Å². The van der Waals surface area contributed by atoms with E-state index < -0.39 is 0 Å². The van der Waals surface area contributed by atoms with Crippen molar-refractivity contribution in [2.24, 2.45) is 0 Å². The van der Waals surface area contributed by atoms with E-state index in [1.807, 2.05) is 31.5 Å². The molecule has 2 aromatic heterocycles. The van der Waals surface area contributed by atoms with Gasteiger partial charge in [-0.2, -0.15) is 0 Å². The first-order valence-corrected chi connectivity index (χ1v) is 9.80. The summed E-state index contributed by atoms with van der Waals surface area (Å²) in [6, 6.07) is 3.84. The number of nitrogens with one attached hydrogen (secondary N) is 2. The molecule has 0 spiro atoms. The maximum absolute atomic E-state index is 12.4. The second kappa shape index (κ2) is 8.05. The Morgan fingerprint density at radius 1 is 1.38 bits per heavy atom. The third kappa shape index (κ3) is 4.53. The topological polar surface area (TPSA) is 73.0 Å². The fourth-order valence-electron chi connectivity index (χ4n) is 2.96. The van der Waals surface area contributed by atoms with Gasteiger partial charge in [-0.05, 0) is 55.7 Å². The molecule has 0 saturated heterocycles. The maximum Gasteiger partial charge on any atom is 0.341 e. The number of anilines is 1. The number of hydrogen-bond acceptors (Lipinski definition) is 5. The predicted molar refractivity (Wildman–Crippen MR) is 99.8 cm³/mol. The molecule has 1 unspecified atom stereocenters. The lowest BCUT2D eigenvalue weighted by molar-refractivity contribution is -0.886. The number of likely N-dealkylation sites (N-methyl/N-ethyl adjacent to an activating group) is 1. The Morgan fingerprint density at radius 3 is 2.77 bits per heavy atom. The van der Waals surface area contributed by atoms with Gasteiger partial charge in [0.25, 0.3) is 5.91 Å². The standard InChI is InChI=1S/C19H24N2O4S/c1-4-24-19(23)17-15(13-6-7-13)11-26-18(17)20-16(22)10-21(3)9-14-8-5-12(2)25-14/h5,8,11,13H,4,6-7,9-10H2,1-3H3,(H,20,22)/p+1. The predicted octanol–water partition coefficient (Wildman–Crippen LogP) is 2.36. The molecule has 0 aromatic carbocycles. The third-order valence-electron chi connectivity index (χ3n) is 4.30. The summed E-state index contributed by atoms with van der Waals surface area (Å²) in [7, 11) is 1.94. The molecule has 2 aromatic rings. The summed E-state index contributed by atoms with van der Waals surface area (Å²) in [5.41, 5.74) is 1.54. The van der Waals surface area contributed by atoms with Crippen molar-refractivity contribution in [2.75, 3.05) is 25.5 Å². The lowest BCUT2D eigenvalue weighted by atomic mass is 10.1. The number of quaternary nitrogens is 1. The van der Waals surface area contributed by atoms with Crippen molar-refractivity contribution >= 4 is 28.2 Å². The molecule has 1 atom stereocenters. The average Bonchev–Trinajstić information content (AvgIpc) is 3.21. The maximum atomic E-state index is 12.4. The molecule has 7 heteroatoms. The third-order valence-corrected chi connectivity index (χ3v) is 5.22. The van der Waals surface area contributed by atoms with Gasteiger partial charge in [-0.3, -0.25) is 4.79 Å². The summed E-state index contributed by atoms with van der Waals surface area (Å²) in [5.74, 6) is 1.67. The number of amides is 1. The minimum atomic E-state index is -0.349. The molecule has 6 nitrogen and oxygen atoms in total. The van der Waals surface area contributed by atoms with Crippen molar-refractivity contribution in [3.63, 3.8) is 0 Å². The Labute approximate surface area is 157 Å². The van der Waals surface area contributed by atoms with Crippen LogP contribution in [0, 0.1) is 6.92 Å². The van der Waals surface area contributed by atoms with Crippen molar-refractivity contribution in [1.82, 2.24) is 0 Å². The first kappa shape index (κ1) is 18.7. The molecule has 1 saturated carbocycles. The van der Waals surface area contributed by atoms with Gasteiger partial charge in [-0.25, -0.2) is 4.79 Å². The SMILES string of the molecule is CCOC(=O)c1c(C2CC2)csc1NC(=O)C[NH+](C)Cc1ccc(C)o1. The largest absolute Gasteiger partial charge is 0.462 e. The van der Waals surface area contributed by atoms with Crippen molar-refractivity contribution < 1.29 is 23.6 Å². The van der Waals surface area contributed by atoms with Crippen molar-refractivity contribution in [3.05, 3.63) is 40.2 Å². The Morgan fingerprint density at radius 2 is 2.15 bits per heavy atom. The van der Waals surface area contributed by atoms with E-state index in [9.17, 15) is 9.59 Å². The number of esters is 1. The number of aryl methyl sites for hydroxylation is 1. The van der Waals surface area contributed by atoms with Crippen LogP contribution < -0.4 is 10.2 Å². The normalized spacial score (nSPS) is 14.9. The van der Waals surface area contributed by atoms with Crippen LogP contribution in [0.4, 0.5) is 5.00 Å². The smallest absolute Gasteiger partial charge is 0.341 e. The summed E-state index contributed by atoms with van der Waals surface area (Å²) in [6.07, 6.45) is 2.18. The minimum Gasteiger partial charge on any atom is -0.462 e. The van der Waals surface area contributed by atoms with Crippen LogP contribution in [0.1, 0.15) is 53.1 Å². The van der Waals surface area contributed by atoms with Gasteiger partial charge in [0.2, 0.25) is 0 Å². The van der Waals surface area contributed by atoms with Gasteiger partial charge in [-0.1, -0.05) is 0 Å². The summed E-state index contributed by atoms with van der Waals surface area (Å²) in [4.78, 5) is 25.8. The van der Waals surface area contributed by atoms with E-state index in [0.29, 0.717) is 36.2 Å². The highest BCUT2D eigenvalue weighted by atomic mass is 32.1. The summed E-state index contributed by atoms with van der Waals surface area (Å²) >= 11 is 1.40. The lowest BCUT2D eigenvalue weighted by Gasteiger charge is -2.13. The molecule has 0 radical (unpaired) electrons. The molecule has 1 fully saturated rings. The summed E-state index contributed by atoms with van der Waals surface area (Å²) < 4.78 is 10.7. The Kier molecular flexibility index (Phi) is 5.78. The lowest BCUT2D eigenvalue weighted by Crippen LogP contribution is -3.08. The average molecular weight is 377 g/mol. The van der Waals surface area contributed by atoms with Crippen LogP contribution in [-0.2, 0) is 16.1 Å². The minimum absolute atomic E-state index is 0.125. The zero-order chi connectivity index (χ0) is 18.7. The van der Waals surface area contributed by atoms with E-state index in [-0.39, 0.29) is 11.9 Å². The molecule has 3 rings (SSSR count). The molecule has 0 bridgehead atoms. The van der Waals surface area contributed by atoms with E-state index in [2.05, 4.69) is 5.32 Å². The van der Waals surface area contributed by atoms with Gasteiger partial charge in [0.15, 0.2) is 12.3 Å². The number of furan rings is 1. The van der Waals surface area contributed by atoms with Crippen molar-refractivity contribution in [1.29, 1.82) is 0 Å². The summed E-state index contributed by atoms with van der Waals surface area (Å²) in [5, 5.41) is 5.47. The first-order valence-electron chi connectivity index (χ1n) is 8.92. The zero-order valence-corrected chi connectivity index (χ0v) is 16.2. The highest BCUT2D eigenvalue weighted by Crippen LogP contribution is 2.46. The van der Waals surface area contributed by atoms with E-state index in [1.165, 1.54) is 11.3 Å². The van der Waals surface area contributed by atoms with E-state index in [4.69, 9.17) is 9.15 Å². The molecular formula is C19H25N2O4S+. The Balaban J connectivity index is 1.64. The van der Waals surface area contributed by atoms with Crippen LogP contribution in [0.25, 0.3) is 0 Å². The molecule has 26 heavy (non-hydrogen) atoms. The van der Waals surface area contributed by atoms with Crippen molar-refractivity contribution in [2.45, 2.75) is 39.2 Å². The van der Waals surface area contributed by atoms with Gasteiger partial charge in [0.05, 0.1) is 19.2 Å². The highest BCUT2D eigenvalue weighted by molar-refractivity contribution is 7.15. The number of carbonyl (C=O) groups is 2. The van der Waals surface area contributed by atoms with Gasteiger partial charge >= 0.3 is 5.97 Å². The summed E-state index contributed by atoms with van der Waals surface area (Å²) in [6.45, 7) is 4.93. The number of rotatable bonds is 8. The molecule has 0 aliphatic heterocycles. The molecule has 2 N–H and O–H groups in total. The molecule has 2 heterocycles. The fraction of sp³-hybridized carbons (Fsp3) is 0.474. The van der Waals surface area contributed by atoms with Crippen LogP contribution in [0.5, 0.6) is 0 Å². The number of thiophene rings is 1. The van der Waals surface area contributed by atoms with Gasteiger partial charge in [0.1, 0.15) is 17.3 Å². The molecule has 1 amide bonds. The quantitative estimate of drug-likeness (QED) is 0.693. The van der Waals surface area contributed by atoms with E-state index in [0.717, 1.165) is 34.8 Å². The zero-order valence-electron chi connectivity index (χ0n) is 15.4. The van der Waals surface area contributed by atoms with E-state index >= 15 is 0 Å². The molecule has 1 aliphatic carbocycles. The second-order valence-corrected chi connectivity index (χ2v) is 7.64. The van der Waals surface area contributed by atoms with Gasteiger partial charge in [-0.15, -0.1) is 11.3 Å². The number of carbonyl (C=O) groups excluding carboxylic acids is 2. The monoisotopic (exact) mass is 377 g/mol. The van der Waals surface area contributed by atoms with Gasteiger partial charge in [0, 0.05) is 0 Å². The number of hydrogen-bond donors (Lipinski definition) is 2.